The lowest BCUT2D eigenvalue weighted by atomic mass is 10.3. The molecule has 0 saturated heterocycles. The topological polar surface area (TPSA) is 53.1 Å². The van der Waals surface area contributed by atoms with Gasteiger partial charge in [-0.3, -0.25) is 4.57 Å². The summed E-state index contributed by atoms with van der Waals surface area (Å²) in [5.41, 5.74) is 5.60. The predicted molar refractivity (Wildman–Crippen MR) is 63.8 cm³/mol. The number of benzene rings is 1. The SMILES string of the molecule is CCn1cc(N)nc1Oc1ccccc1Cl. The summed E-state index contributed by atoms with van der Waals surface area (Å²) in [4.78, 5) is 4.08. The van der Waals surface area contributed by atoms with Gasteiger partial charge in [0.15, 0.2) is 0 Å². The van der Waals surface area contributed by atoms with Crippen LogP contribution < -0.4 is 10.5 Å². The van der Waals surface area contributed by atoms with Crippen molar-refractivity contribution in [3.8, 4) is 11.8 Å². The summed E-state index contributed by atoms with van der Waals surface area (Å²) in [7, 11) is 0. The lowest BCUT2D eigenvalue weighted by Gasteiger charge is -2.07. The standard InChI is InChI=1S/C11H12ClN3O/c1-2-15-7-10(13)14-11(15)16-9-6-4-3-5-8(9)12/h3-7H,2,13H2,1H3. The van der Waals surface area contributed by atoms with E-state index < -0.39 is 0 Å². The van der Waals surface area contributed by atoms with Crippen LogP contribution in [0.3, 0.4) is 0 Å². The van der Waals surface area contributed by atoms with E-state index in [0.29, 0.717) is 22.6 Å². The predicted octanol–water partition coefficient (Wildman–Crippen LogP) is 2.93. The van der Waals surface area contributed by atoms with Crippen LogP contribution >= 0.6 is 11.6 Å². The minimum atomic E-state index is 0.434. The van der Waals surface area contributed by atoms with E-state index in [4.69, 9.17) is 22.1 Å². The van der Waals surface area contributed by atoms with E-state index in [9.17, 15) is 0 Å². The molecule has 0 bridgehead atoms. The monoisotopic (exact) mass is 237 g/mol. The summed E-state index contributed by atoms with van der Waals surface area (Å²) in [6, 6.07) is 7.69. The maximum atomic E-state index is 5.98. The number of halogens is 1. The number of aryl methyl sites for hydroxylation is 1. The Bertz CT molecular complexity index is 496. The normalized spacial score (nSPS) is 10.4. The van der Waals surface area contributed by atoms with Gasteiger partial charge in [0, 0.05) is 6.54 Å². The number of imidazole rings is 1. The smallest absolute Gasteiger partial charge is 0.303 e. The van der Waals surface area contributed by atoms with Gasteiger partial charge in [0.1, 0.15) is 11.6 Å². The van der Waals surface area contributed by atoms with Crippen molar-refractivity contribution < 1.29 is 4.74 Å². The number of rotatable bonds is 3. The molecule has 2 aromatic rings. The molecule has 2 N–H and O–H groups in total. The number of anilines is 1. The van der Waals surface area contributed by atoms with Crippen molar-refractivity contribution in [3.63, 3.8) is 0 Å². The molecule has 16 heavy (non-hydrogen) atoms. The minimum Gasteiger partial charge on any atom is -0.424 e. The lowest BCUT2D eigenvalue weighted by molar-refractivity contribution is 0.415. The van der Waals surface area contributed by atoms with Crippen molar-refractivity contribution in [3.05, 3.63) is 35.5 Å². The highest BCUT2D eigenvalue weighted by Crippen LogP contribution is 2.28. The van der Waals surface area contributed by atoms with E-state index in [0.717, 1.165) is 6.54 Å². The van der Waals surface area contributed by atoms with Gasteiger partial charge >= 0.3 is 6.01 Å². The van der Waals surface area contributed by atoms with Crippen LogP contribution in [0.1, 0.15) is 6.92 Å². The molecule has 0 saturated carbocycles. The van der Waals surface area contributed by atoms with Crippen LogP contribution in [0.5, 0.6) is 11.8 Å². The molecule has 1 aromatic carbocycles. The largest absolute Gasteiger partial charge is 0.424 e. The zero-order valence-corrected chi connectivity index (χ0v) is 9.61. The Balaban J connectivity index is 2.30. The molecule has 0 aliphatic carbocycles. The number of aromatic nitrogens is 2. The van der Waals surface area contributed by atoms with Gasteiger partial charge in [0.2, 0.25) is 0 Å². The highest BCUT2D eigenvalue weighted by atomic mass is 35.5. The average Bonchev–Trinajstić information content (AvgIpc) is 2.62. The molecule has 1 aromatic heterocycles. The van der Waals surface area contributed by atoms with E-state index in [1.165, 1.54) is 0 Å². The second-order valence-corrected chi connectivity index (χ2v) is 3.67. The second kappa shape index (κ2) is 4.45. The molecule has 2 rings (SSSR count). The first kappa shape index (κ1) is 10.8. The number of nitrogen functional groups attached to an aromatic ring is 1. The first-order valence-corrected chi connectivity index (χ1v) is 5.33. The van der Waals surface area contributed by atoms with Crippen molar-refractivity contribution in [2.45, 2.75) is 13.5 Å². The molecule has 0 radical (unpaired) electrons. The van der Waals surface area contributed by atoms with E-state index >= 15 is 0 Å². The lowest BCUT2D eigenvalue weighted by Crippen LogP contribution is -1.97. The van der Waals surface area contributed by atoms with Gasteiger partial charge in [-0.15, -0.1) is 0 Å². The second-order valence-electron chi connectivity index (χ2n) is 3.27. The first-order valence-electron chi connectivity index (χ1n) is 4.95. The highest BCUT2D eigenvalue weighted by molar-refractivity contribution is 6.32. The van der Waals surface area contributed by atoms with E-state index in [1.807, 2.05) is 23.6 Å². The average molecular weight is 238 g/mol. The minimum absolute atomic E-state index is 0.434. The molecule has 0 aliphatic heterocycles. The third-order valence-electron chi connectivity index (χ3n) is 2.14. The van der Waals surface area contributed by atoms with Gasteiger partial charge < -0.3 is 10.5 Å². The number of hydrogen-bond acceptors (Lipinski definition) is 3. The van der Waals surface area contributed by atoms with Crippen LogP contribution in [0.4, 0.5) is 5.82 Å². The quantitative estimate of drug-likeness (QED) is 0.893. The molecular formula is C11H12ClN3O. The maximum Gasteiger partial charge on any atom is 0.303 e. The number of nitrogens with two attached hydrogens (primary N) is 1. The first-order chi connectivity index (χ1) is 7.70. The Morgan fingerprint density at radius 2 is 2.19 bits per heavy atom. The Morgan fingerprint density at radius 1 is 1.44 bits per heavy atom. The van der Waals surface area contributed by atoms with Crippen LogP contribution in [-0.2, 0) is 6.54 Å². The summed E-state index contributed by atoms with van der Waals surface area (Å²) in [5, 5.41) is 0.548. The molecule has 84 valence electrons. The molecule has 0 aliphatic rings. The van der Waals surface area contributed by atoms with Crippen LogP contribution in [0.2, 0.25) is 5.02 Å². The third-order valence-corrected chi connectivity index (χ3v) is 2.45. The van der Waals surface area contributed by atoms with E-state index in [2.05, 4.69) is 4.98 Å². The molecule has 0 amide bonds. The van der Waals surface area contributed by atoms with Crippen LogP contribution in [0.25, 0.3) is 0 Å². The van der Waals surface area contributed by atoms with Gasteiger partial charge in [-0.1, -0.05) is 23.7 Å². The van der Waals surface area contributed by atoms with Crippen molar-refractivity contribution >= 4 is 17.4 Å². The maximum absolute atomic E-state index is 5.98. The summed E-state index contributed by atoms with van der Waals surface area (Å²) in [6.45, 7) is 2.73. The summed E-state index contributed by atoms with van der Waals surface area (Å²) < 4.78 is 7.41. The van der Waals surface area contributed by atoms with Gasteiger partial charge in [-0.05, 0) is 19.1 Å². The van der Waals surface area contributed by atoms with Crippen LogP contribution in [0.15, 0.2) is 30.5 Å². The van der Waals surface area contributed by atoms with Crippen LogP contribution in [-0.4, -0.2) is 9.55 Å². The van der Waals surface area contributed by atoms with Gasteiger partial charge in [0.05, 0.1) is 11.2 Å². The number of para-hydroxylation sites is 1. The van der Waals surface area contributed by atoms with E-state index in [1.54, 1.807) is 18.3 Å². The Hall–Kier alpha value is -1.68. The number of hydrogen-bond donors (Lipinski definition) is 1. The number of nitrogens with zero attached hydrogens (tertiary/aromatic N) is 2. The highest BCUT2D eigenvalue weighted by Gasteiger charge is 2.08. The van der Waals surface area contributed by atoms with Gasteiger partial charge in [-0.2, -0.15) is 4.98 Å². The van der Waals surface area contributed by atoms with Gasteiger partial charge in [-0.25, -0.2) is 0 Å². The van der Waals surface area contributed by atoms with E-state index in [-0.39, 0.29) is 0 Å². The molecule has 4 nitrogen and oxygen atoms in total. The van der Waals surface area contributed by atoms with Crippen molar-refractivity contribution in [1.82, 2.24) is 9.55 Å². The Morgan fingerprint density at radius 3 is 2.88 bits per heavy atom. The summed E-state index contributed by atoms with van der Waals surface area (Å²) in [5.74, 6) is 1.01. The number of ether oxygens (including phenoxy) is 1. The fourth-order valence-electron chi connectivity index (χ4n) is 1.35. The fraction of sp³-hybridized carbons (Fsp3) is 0.182. The molecule has 0 atom stereocenters. The molecule has 0 spiro atoms. The zero-order chi connectivity index (χ0) is 11.5. The Labute approximate surface area is 98.6 Å². The Kier molecular flexibility index (Phi) is 3.01. The molecule has 0 fully saturated rings. The van der Waals surface area contributed by atoms with Gasteiger partial charge in [0.25, 0.3) is 0 Å². The fourth-order valence-corrected chi connectivity index (χ4v) is 1.53. The van der Waals surface area contributed by atoms with Crippen molar-refractivity contribution in [2.75, 3.05) is 5.73 Å². The zero-order valence-electron chi connectivity index (χ0n) is 8.85. The van der Waals surface area contributed by atoms with Crippen molar-refractivity contribution in [2.24, 2.45) is 0 Å². The third kappa shape index (κ3) is 2.12. The molecule has 0 unspecified atom stereocenters. The molecular weight excluding hydrogens is 226 g/mol. The molecule has 1 heterocycles. The van der Waals surface area contributed by atoms with Crippen molar-refractivity contribution in [1.29, 1.82) is 0 Å². The summed E-state index contributed by atoms with van der Waals surface area (Å²) in [6.07, 6.45) is 1.73. The summed E-state index contributed by atoms with van der Waals surface area (Å²) >= 11 is 5.98. The molecule has 5 heteroatoms. The van der Waals surface area contributed by atoms with Crippen LogP contribution in [0, 0.1) is 0 Å².